The van der Waals surface area contributed by atoms with Crippen LogP contribution in [0, 0.1) is 0 Å². The number of ether oxygens (including phenoxy) is 4. The predicted octanol–water partition coefficient (Wildman–Crippen LogP) is 2.61. The van der Waals surface area contributed by atoms with Crippen molar-refractivity contribution in [1.82, 2.24) is 0 Å². The van der Waals surface area contributed by atoms with E-state index >= 15 is 0 Å². The molecule has 2 aromatic carbocycles. The first kappa shape index (κ1) is 16.6. The van der Waals surface area contributed by atoms with Gasteiger partial charge in [-0.1, -0.05) is 6.07 Å². The molecular weight excluding hydrogens is 326 g/mol. The first-order valence-corrected chi connectivity index (χ1v) is 7.75. The summed E-state index contributed by atoms with van der Waals surface area (Å²) in [5, 5.41) is 2.77. The van der Waals surface area contributed by atoms with Crippen molar-refractivity contribution in [2.75, 3.05) is 25.3 Å². The number of hydrogen-bond acceptors (Lipinski definition) is 6. The molecule has 1 amide bonds. The maximum absolute atomic E-state index is 12.4. The Hall–Kier alpha value is -3.22. The second kappa shape index (κ2) is 7.57. The van der Waals surface area contributed by atoms with Crippen LogP contribution in [-0.4, -0.2) is 31.9 Å². The van der Waals surface area contributed by atoms with Crippen molar-refractivity contribution in [3.8, 4) is 17.2 Å². The number of carbonyl (C=O) groups excluding carboxylic acids is 2. The molecule has 0 saturated carbocycles. The molecule has 0 atom stereocenters. The molecule has 0 aromatic heterocycles. The molecule has 0 fully saturated rings. The van der Waals surface area contributed by atoms with Gasteiger partial charge in [-0.15, -0.1) is 0 Å². The van der Waals surface area contributed by atoms with E-state index in [4.69, 9.17) is 18.9 Å². The second-order valence-corrected chi connectivity index (χ2v) is 5.14. The van der Waals surface area contributed by atoms with E-state index in [-0.39, 0.29) is 19.3 Å². The Bertz CT molecular complexity index is 789. The Balaban J connectivity index is 1.63. The minimum atomic E-state index is -0.447. The monoisotopic (exact) mass is 343 g/mol. The first-order chi connectivity index (χ1) is 12.2. The van der Waals surface area contributed by atoms with Crippen LogP contribution >= 0.6 is 0 Å². The van der Waals surface area contributed by atoms with E-state index in [1.54, 1.807) is 49.4 Å². The predicted molar refractivity (Wildman–Crippen MR) is 89.1 cm³/mol. The third-order valence-electron chi connectivity index (χ3n) is 3.39. The molecule has 0 unspecified atom stereocenters. The molecule has 0 aliphatic carbocycles. The van der Waals surface area contributed by atoms with Crippen LogP contribution in [0.3, 0.4) is 0 Å². The standard InChI is InChI=1S/C18H17NO6/c1-2-22-17(20)10-23-14-5-3-4-13(9-14)19-18(21)12-6-7-15-16(8-12)25-11-24-15/h3-9H,2,10-11H2,1H3,(H,19,21). The van der Waals surface area contributed by atoms with E-state index in [2.05, 4.69) is 5.32 Å². The molecule has 0 saturated heterocycles. The smallest absolute Gasteiger partial charge is 0.344 e. The number of nitrogens with one attached hydrogen (secondary N) is 1. The summed E-state index contributed by atoms with van der Waals surface area (Å²) in [6.45, 7) is 1.99. The Kier molecular flexibility index (Phi) is 5.03. The zero-order valence-corrected chi connectivity index (χ0v) is 13.6. The average Bonchev–Trinajstić information content (AvgIpc) is 3.08. The topological polar surface area (TPSA) is 83.1 Å². The highest BCUT2D eigenvalue weighted by Crippen LogP contribution is 2.32. The summed E-state index contributed by atoms with van der Waals surface area (Å²) in [7, 11) is 0. The molecule has 0 radical (unpaired) electrons. The van der Waals surface area contributed by atoms with Crippen LogP contribution in [0.1, 0.15) is 17.3 Å². The zero-order valence-electron chi connectivity index (χ0n) is 13.6. The zero-order chi connectivity index (χ0) is 17.6. The highest BCUT2D eigenvalue weighted by Gasteiger charge is 2.16. The quantitative estimate of drug-likeness (QED) is 0.812. The van der Waals surface area contributed by atoms with E-state index in [1.807, 2.05) is 0 Å². The molecule has 0 spiro atoms. The molecule has 1 N–H and O–H groups in total. The molecule has 130 valence electrons. The van der Waals surface area contributed by atoms with Crippen LogP contribution in [0.15, 0.2) is 42.5 Å². The molecule has 3 rings (SSSR count). The molecule has 2 aromatic rings. The number of rotatable bonds is 6. The summed E-state index contributed by atoms with van der Waals surface area (Å²) in [6.07, 6.45) is 0. The van der Waals surface area contributed by atoms with Gasteiger partial charge in [-0.25, -0.2) is 4.79 Å². The van der Waals surface area contributed by atoms with Crippen molar-refractivity contribution < 1.29 is 28.5 Å². The lowest BCUT2D eigenvalue weighted by Gasteiger charge is -2.09. The number of esters is 1. The normalized spacial score (nSPS) is 11.7. The maximum atomic E-state index is 12.4. The van der Waals surface area contributed by atoms with Crippen molar-refractivity contribution >= 4 is 17.6 Å². The SMILES string of the molecule is CCOC(=O)COc1cccc(NC(=O)c2ccc3c(c2)OCO3)c1. The number of hydrogen-bond donors (Lipinski definition) is 1. The summed E-state index contributed by atoms with van der Waals surface area (Å²) < 4.78 is 20.6. The fourth-order valence-corrected chi connectivity index (χ4v) is 2.25. The first-order valence-electron chi connectivity index (χ1n) is 7.75. The highest BCUT2D eigenvalue weighted by molar-refractivity contribution is 6.04. The molecule has 1 heterocycles. The Morgan fingerprint density at radius 3 is 2.80 bits per heavy atom. The Morgan fingerprint density at radius 2 is 1.96 bits per heavy atom. The van der Waals surface area contributed by atoms with Gasteiger partial charge < -0.3 is 24.3 Å². The lowest BCUT2D eigenvalue weighted by molar-refractivity contribution is -0.145. The summed E-state index contributed by atoms with van der Waals surface area (Å²) in [5.41, 5.74) is 0.992. The second-order valence-electron chi connectivity index (χ2n) is 5.14. The fourth-order valence-electron chi connectivity index (χ4n) is 2.25. The van der Waals surface area contributed by atoms with Crippen LogP contribution in [0.5, 0.6) is 17.2 Å². The van der Waals surface area contributed by atoms with Gasteiger partial charge in [-0.3, -0.25) is 4.79 Å². The third-order valence-corrected chi connectivity index (χ3v) is 3.39. The lowest BCUT2D eigenvalue weighted by atomic mass is 10.2. The van der Waals surface area contributed by atoms with Crippen LogP contribution in [0.4, 0.5) is 5.69 Å². The van der Waals surface area contributed by atoms with Gasteiger partial charge in [0.1, 0.15) is 5.75 Å². The number of anilines is 1. The van der Waals surface area contributed by atoms with Crippen LogP contribution in [0.2, 0.25) is 0 Å². The van der Waals surface area contributed by atoms with Gasteiger partial charge in [0, 0.05) is 17.3 Å². The number of fused-ring (bicyclic) bond motifs is 1. The molecular formula is C18H17NO6. The fraction of sp³-hybridized carbons (Fsp3) is 0.222. The lowest BCUT2D eigenvalue weighted by Crippen LogP contribution is -2.15. The molecule has 0 bridgehead atoms. The van der Waals surface area contributed by atoms with Gasteiger partial charge in [0.25, 0.3) is 5.91 Å². The van der Waals surface area contributed by atoms with Gasteiger partial charge in [0.2, 0.25) is 6.79 Å². The largest absolute Gasteiger partial charge is 0.482 e. The summed E-state index contributed by atoms with van der Waals surface area (Å²) in [6, 6.07) is 11.7. The number of benzene rings is 2. The summed E-state index contributed by atoms with van der Waals surface area (Å²) in [4.78, 5) is 23.7. The third kappa shape index (κ3) is 4.20. The Labute approximate surface area is 144 Å². The van der Waals surface area contributed by atoms with E-state index in [0.717, 1.165) is 0 Å². The number of amides is 1. The van der Waals surface area contributed by atoms with Crippen molar-refractivity contribution in [2.24, 2.45) is 0 Å². The molecule has 1 aliphatic rings. The van der Waals surface area contributed by atoms with E-state index in [9.17, 15) is 9.59 Å². The summed E-state index contributed by atoms with van der Waals surface area (Å²) in [5.74, 6) is 0.875. The van der Waals surface area contributed by atoms with Gasteiger partial charge in [0.15, 0.2) is 18.1 Å². The molecule has 7 nitrogen and oxygen atoms in total. The van der Waals surface area contributed by atoms with Crippen LogP contribution in [-0.2, 0) is 9.53 Å². The molecule has 25 heavy (non-hydrogen) atoms. The average molecular weight is 343 g/mol. The van der Waals surface area contributed by atoms with Crippen molar-refractivity contribution in [2.45, 2.75) is 6.92 Å². The highest BCUT2D eigenvalue weighted by atomic mass is 16.7. The summed E-state index contributed by atoms with van der Waals surface area (Å²) >= 11 is 0. The van der Waals surface area contributed by atoms with Gasteiger partial charge in [-0.05, 0) is 37.3 Å². The van der Waals surface area contributed by atoms with Crippen molar-refractivity contribution in [3.63, 3.8) is 0 Å². The molecule has 7 heteroatoms. The van der Waals surface area contributed by atoms with E-state index in [0.29, 0.717) is 35.1 Å². The van der Waals surface area contributed by atoms with Crippen molar-refractivity contribution in [3.05, 3.63) is 48.0 Å². The van der Waals surface area contributed by atoms with E-state index in [1.165, 1.54) is 0 Å². The van der Waals surface area contributed by atoms with Crippen LogP contribution < -0.4 is 19.5 Å². The minimum absolute atomic E-state index is 0.153. The minimum Gasteiger partial charge on any atom is -0.482 e. The molecule has 1 aliphatic heterocycles. The number of carbonyl (C=O) groups is 2. The Morgan fingerprint density at radius 1 is 1.12 bits per heavy atom. The van der Waals surface area contributed by atoms with Crippen LogP contribution in [0.25, 0.3) is 0 Å². The maximum Gasteiger partial charge on any atom is 0.344 e. The van der Waals surface area contributed by atoms with Crippen molar-refractivity contribution in [1.29, 1.82) is 0 Å². The van der Waals surface area contributed by atoms with Gasteiger partial charge in [-0.2, -0.15) is 0 Å². The van der Waals surface area contributed by atoms with Gasteiger partial charge in [0.05, 0.1) is 6.61 Å². The van der Waals surface area contributed by atoms with E-state index < -0.39 is 5.97 Å². The van der Waals surface area contributed by atoms with Gasteiger partial charge >= 0.3 is 5.97 Å².